The molecule has 5 heteroatoms. The monoisotopic (exact) mass is 327 g/mol. The van der Waals surface area contributed by atoms with Gasteiger partial charge in [-0.15, -0.1) is 0 Å². The first-order valence-corrected chi connectivity index (χ1v) is 6.94. The summed E-state index contributed by atoms with van der Waals surface area (Å²) >= 11 is 3.48. The molecule has 3 aromatic heterocycles. The van der Waals surface area contributed by atoms with Gasteiger partial charge in [0.1, 0.15) is 17.1 Å². The van der Waals surface area contributed by atoms with Gasteiger partial charge in [-0.25, -0.2) is 4.98 Å². The lowest BCUT2D eigenvalue weighted by atomic mass is 10.2. The SMILES string of the molecule is Nc1c(-c2cc3ccccc3o2)nc2c(Br)cccn12. The molecule has 0 bridgehead atoms. The molecule has 3 heterocycles. The van der Waals surface area contributed by atoms with E-state index in [0.717, 1.165) is 21.1 Å². The maximum absolute atomic E-state index is 6.18. The third kappa shape index (κ3) is 1.56. The Balaban J connectivity index is 2.02. The van der Waals surface area contributed by atoms with Gasteiger partial charge in [0.2, 0.25) is 0 Å². The fourth-order valence-corrected chi connectivity index (χ4v) is 2.76. The summed E-state index contributed by atoms with van der Waals surface area (Å²) in [5.41, 5.74) is 8.45. The minimum Gasteiger partial charge on any atom is -0.454 e. The molecule has 0 unspecified atom stereocenters. The number of nitrogen functional groups attached to an aromatic ring is 1. The molecule has 0 saturated heterocycles. The Hall–Kier alpha value is -2.27. The average Bonchev–Trinajstić information content (AvgIpc) is 3.01. The lowest BCUT2D eigenvalue weighted by Crippen LogP contribution is -1.93. The van der Waals surface area contributed by atoms with E-state index >= 15 is 0 Å². The Morgan fingerprint density at radius 2 is 2.00 bits per heavy atom. The van der Waals surface area contributed by atoms with Gasteiger partial charge in [-0.05, 0) is 40.2 Å². The topological polar surface area (TPSA) is 56.5 Å². The normalized spacial score (nSPS) is 11.4. The molecule has 98 valence electrons. The number of benzene rings is 1. The van der Waals surface area contributed by atoms with Crippen LogP contribution in [0.1, 0.15) is 0 Å². The number of furan rings is 1. The summed E-state index contributed by atoms with van der Waals surface area (Å²) in [6, 6.07) is 13.7. The Morgan fingerprint density at radius 1 is 1.15 bits per heavy atom. The van der Waals surface area contributed by atoms with Crippen LogP contribution in [0.2, 0.25) is 0 Å². The van der Waals surface area contributed by atoms with E-state index < -0.39 is 0 Å². The molecule has 0 aliphatic carbocycles. The number of hydrogen-bond donors (Lipinski definition) is 1. The zero-order chi connectivity index (χ0) is 13.7. The van der Waals surface area contributed by atoms with Gasteiger partial charge in [0.05, 0.1) is 4.47 Å². The highest BCUT2D eigenvalue weighted by Gasteiger charge is 2.16. The Kier molecular flexibility index (Phi) is 2.37. The Labute approximate surface area is 123 Å². The fraction of sp³-hybridized carbons (Fsp3) is 0. The van der Waals surface area contributed by atoms with Crippen LogP contribution in [0.4, 0.5) is 5.82 Å². The number of imidazole rings is 1. The van der Waals surface area contributed by atoms with Gasteiger partial charge in [0, 0.05) is 11.6 Å². The second-order valence-corrected chi connectivity index (χ2v) is 5.40. The van der Waals surface area contributed by atoms with E-state index in [0.29, 0.717) is 17.3 Å². The summed E-state index contributed by atoms with van der Waals surface area (Å²) in [4.78, 5) is 4.57. The fourth-order valence-electron chi connectivity index (χ4n) is 2.33. The lowest BCUT2D eigenvalue weighted by molar-refractivity contribution is 0.629. The van der Waals surface area contributed by atoms with Crippen LogP contribution in [0.5, 0.6) is 0 Å². The van der Waals surface area contributed by atoms with Gasteiger partial charge in [-0.1, -0.05) is 18.2 Å². The van der Waals surface area contributed by atoms with Crippen LogP contribution in [0.25, 0.3) is 28.1 Å². The predicted octanol–water partition coefficient (Wildman–Crippen LogP) is 4.09. The lowest BCUT2D eigenvalue weighted by Gasteiger charge is -1.96. The summed E-state index contributed by atoms with van der Waals surface area (Å²) in [5, 5.41) is 1.04. The molecule has 0 atom stereocenters. The number of fused-ring (bicyclic) bond motifs is 2. The summed E-state index contributed by atoms with van der Waals surface area (Å²) in [7, 11) is 0. The van der Waals surface area contributed by atoms with E-state index in [1.165, 1.54) is 0 Å². The number of anilines is 1. The Bertz CT molecular complexity index is 906. The summed E-state index contributed by atoms with van der Waals surface area (Å²) in [6.07, 6.45) is 1.88. The summed E-state index contributed by atoms with van der Waals surface area (Å²) < 4.78 is 8.57. The van der Waals surface area contributed by atoms with E-state index in [2.05, 4.69) is 20.9 Å². The highest BCUT2D eigenvalue weighted by Crippen LogP contribution is 2.32. The molecular weight excluding hydrogens is 318 g/mol. The van der Waals surface area contributed by atoms with E-state index in [1.807, 2.05) is 53.1 Å². The molecule has 1 aromatic carbocycles. The van der Waals surface area contributed by atoms with Crippen molar-refractivity contribution in [1.29, 1.82) is 0 Å². The zero-order valence-electron chi connectivity index (χ0n) is 10.4. The third-order valence-electron chi connectivity index (χ3n) is 3.30. The molecule has 0 spiro atoms. The number of para-hydroxylation sites is 1. The van der Waals surface area contributed by atoms with Gasteiger partial charge < -0.3 is 10.2 Å². The van der Waals surface area contributed by atoms with Crippen molar-refractivity contribution in [3.63, 3.8) is 0 Å². The van der Waals surface area contributed by atoms with Gasteiger partial charge in [-0.3, -0.25) is 4.40 Å². The zero-order valence-corrected chi connectivity index (χ0v) is 12.0. The van der Waals surface area contributed by atoms with Crippen molar-refractivity contribution in [3.8, 4) is 11.5 Å². The van der Waals surface area contributed by atoms with Crippen LogP contribution >= 0.6 is 15.9 Å². The second-order valence-electron chi connectivity index (χ2n) is 4.54. The smallest absolute Gasteiger partial charge is 0.157 e. The number of nitrogens with zero attached hydrogens (tertiary/aromatic N) is 2. The first-order chi connectivity index (χ1) is 9.74. The van der Waals surface area contributed by atoms with E-state index in [-0.39, 0.29) is 0 Å². The van der Waals surface area contributed by atoms with Crippen LogP contribution < -0.4 is 5.73 Å². The standard InChI is InChI=1S/C15H10BrN3O/c16-10-5-3-7-19-14(17)13(18-15(10)19)12-8-9-4-1-2-6-11(9)20-12/h1-8H,17H2. The van der Waals surface area contributed by atoms with Crippen molar-refractivity contribution in [2.45, 2.75) is 0 Å². The number of nitrogens with two attached hydrogens (primary N) is 1. The maximum Gasteiger partial charge on any atom is 0.157 e. The molecule has 4 aromatic rings. The van der Waals surface area contributed by atoms with Gasteiger partial charge in [0.25, 0.3) is 0 Å². The van der Waals surface area contributed by atoms with Crippen LogP contribution in [0, 0.1) is 0 Å². The van der Waals surface area contributed by atoms with Gasteiger partial charge in [0.15, 0.2) is 11.4 Å². The van der Waals surface area contributed by atoms with Crippen LogP contribution in [-0.2, 0) is 0 Å². The molecule has 0 aliphatic rings. The van der Waals surface area contributed by atoms with Crippen LogP contribution in [0.15, 0.2) is 57.6 Å². The molecule has 0 aliphatic heterocycles. The van der Waals surface area contributed by atoms with Crippen molar-refractivity contribution in [2.24, 2.45) is 0 Å². The molecule has 4 rings (SSSR count). The molecule has 0 amide bonds. The average molecular weight is 328 g/mol. The highest BCUT2D eigenvalue weighted by molar-refractivity contribution is 9.10. The molecule has 0 radical (unpaired) electrons. The second kappa shape index (κ2) is 4.11. The van der Waals surface area contributed by atoms with Crippen molar-refractivity contribution in [1.82, 2.24) is 9.38 Å². The first-order valence-electron chi connectivity index (χ1n) is 6.15. The molecule has 2 N–H and O–H groups in total. The molecular formula is C15H10BrN3O. The van der Waals surface area contributed by atoms with Crippen LogP contribution in [0.3, 0.4) is 0 Å². The predicted molar refractivity (Wildman–Crippen MR) is 82.5 cm³/mol. The van der Waals surface area contributed by atoms with E-state index in [9.17, 15) is 0 Å². The number of halogens is 1. The van der Waals surface area contributed by atoms with E-state index in [1.54, 1.807) is 0 Å². The van der Waals surface area contributed by atoms with Crippen molar-refractivity contribution < 1.29 is 4.42 Å². The number of rotatable bonds is 1. The highest BCUT2D eigenvalue weighted by atomic mass is 79.9. The Morgan fingerprint density at radius 3 is 2.80 bits per heavy atom. The molecule has 4 nitrogen and oxygen atoms in total. The van der Waals surface area contributed by atoms with Crippen molar-refractivity contribution >= 4 is 38.4 Å². The molecule has 20 heavy (non-hydrogen) atoms. The van der Waals surface area contributed by atoms with Gasteiger partial charge in [-0.2, -0.15) is 0 Å². The molecule has 0 fully saturated rings. The van der Waals surface area contributed by atoms with Crippen molar-refractivity contribution in [2.75, 3.05) is 5.73 Å². The molecule has 0 saturated carbocycles. The van der Waals surface area contributed by atoms with Crippen LogP contribution in [-0.4, -0.2) is 9.38 Å². The maximum atomic E-state index is 6.18. The quantitative estimate of drug-likeness (QED) is 0.572. The number of aromatic nitrogens is 2. The summed E-state index contributed by atoms with van der Waals surface area (Å²) in [6.45, 7) is 0. The first kappa shape index (κ1) is 11.5. The largest absolute Gasteiger partial charge is 0.454 e. The van der Waals surface area contributed by atoms with Crippen molar-refractivity contribution in [3.05, 3.63) is 53.1 Å². The minimum absolute atomic E-state index is 0.570. The number of hydrogen-bond acceptors (Lipinski definition) is 3. The van der Waals surface area contributed by atoms with E-state index in [4.69, 9.17) is 10.2 Å². The summed E-state index contributed by atoms with van der Waals surface area (Å²) in [5.74, 6) is 1.25. The minimum atomic E-state index is 0.570. The van der Waals surface area contributed by atoms with Gasteiger partial charge >= 0.3 is 0 Å². The third-order valence-corrected chi connectivity index (χ3v) is 3.92. The number of pyridine rings is 1.